The summed E-state index contributed by atoms with van der Waals surface area (Å²) in [5.41, 5.74) is -0.945. The third-order valence-corrected chi connectivity index (χ3v) is 12.2. The number of likely N-dealkylation sites (tertiary alicyclic amines) is 1. The van der Waals surface area contributed by atoms with E-state index in [0.29, 0.717) is 43.4 Å². The van der Waals surface area contributed by atoms with Gasteiger partial charge in [-0.15, -0.1) is 17.9 Å². The molecule has 3 aromatic rings. The Morgan fingerprint density at radius 1 is 1.09 bits per heavy atom. The molecule has 3 aliphatic rings. The number of thiazole rings is 1. The van der Waals surface area contributed by atoms with Gasteiger partial charge in [0.2, 0.25) is 17.7 Å². The summed E-state index contributed by atoms with van der Waals surface area (Å²) < 4.78 is 18.5. The topological polar surface area (TPSA) is 198 Å². The number of aromatic nitrogens is 2. The molecule has 4 amide bonds. The molecule has 3 heterocycles. The van der Waals surface area contributed by atoms with Crippen molar-refractivity contribution in [2.75, 3.05) is 19.0 Å². The van der Waals surface area contributed by atoms with Crippen LogP contribution in [-0.4, -0.2) is 93.2 Å². The lowest BCUT2D eigenvalue weighted by atomic mass is 9.85. The number of carbonyl (C=O) groups excluding carboxylic acids is 4. The van der Waals surface area contributed by atoms with Gasteiger partial charge in [0.15, 0.2) is 5.13 Å². The monoisotopic (exact) mass is 868 g/mol. The van der Waals surface area contributed by atoms with Crippen LogP contribution >= 0.6 is 27.3 Å². The second-order valence-corrected chi connectivity index (χ2v) is 17.9. The number of ether oxygens (including phenoxy) is 3. The minimum absolute atomic E-state index is 0.00791. The largest absolute Gasteiger partial charge is 0.495 e. The highest BCUT2D eigenvalue weighted by Crippen LogP contribution is 2.45. The first-order chi connectivity index (χ1) is 26.9. The molecular formula is C40H49BrN6O9S. The number of benzene rings is 1. The van der Waals surface area contributed by atoms with Crippen LogP contribution in [0.5, 0.6) is 11.5 Å². The summed E-state index contributed by atoms with van der Waals surface area (Å²) in [7, 11) is 1.54. The van der Waals surface area contributed by atoms with Crippen molar-refractivity contribution in [1.82, 2.24) is 25.5 Å². The summed E-state index contributed by atoms with van der Waals surface area (Å²) in [4.78, 5) is 77.5. The van der Waals surface area contributed by atoms with Gasteiger partial charge >= 0.3 is 12.1 Å². The fourth-order valence-electron chi connectivity index (χ4n) is 7.29. The van der Waals surface area contributed by atoms with Crippen LogP contribution in [0.4, 0.5) is 9.93 Å². The summed E-state index contributed by atoms with van der Waals surface area (Å²) in [5.74, 6) is -2.40. The average Bonchev–Trinajstić information content (AvgIpc) is 3.57. The fourth-order valence-corrected chi connectivity index (χ4v) is 8.59. The number of hydrogen-bond donors (Lipinski definition) is 4. The molecule has 6 rings (SSSR count). The van der Waals surface area contributed by atoms with Crippen LogP contribution in [0.1, 0.15) is 73.1 Å². The number of alkyl carbamates (subject to hydrolysis) is 1. The lowest BCUT2D eigenvalue weighted by Crippen LogP contribution is -2.59. The van der Waals surface area contributed by atoms with Gasteiger partial charge in [0, 0.05) is 35.1 Å². The first-order valence-corrected chi connectivity index (χ1v) is 20.7. The van der Waals surface area contributed by atoms with Crippen LogP contribution < -0.4 is 25.4 Å². The first-order valence-electron chi connectivity index (χ1n) is 19.0. The van der Waals surface area contributed by atoms with E-state index in [-0.39, 0.29) is 37.3 Å². The normalized spacial score (nSPS) is 22.5. The molecule has 2 aromatic heterocycles. The minimum Gasteiger partial charge on any atom is -0.495 e. The molecule has 2 saturated carbocycles. The lowest BCUT2D eigenvalue weighted by molar-refractivity contribution is -0.146. The van der Waals surface area contributed by atoms with Crippen molar-refractivity contribution < 1.29 is 43.3 Å². The van der Waals surface area contributed by atoms with Gasteiger partial charge in [-0.2, -0.15) is 0 Å². The zero-order valence-electron chi connectivity index (χ0n) is 32.8. The zero-order chi connectivity index (χ0) is 41.4. The quantitative estimate of drug-likeness (QED) is 0.141. The Balaban J connectivity index is 1.34. The van der Waals surface area contributed by atoms with Crippen molar-refractivity contribution >= 4 is 73.1 Å². The second kappa shape index (κ2) is 16.6. The molecule has 4 N–H and O–H groups in total. The Morgan fingerprint density at radius 3 is 2.42 bits per heavy atom. The SMILES string of the molecule is C=C[C@@H]1C[C@]1(NC(=O)C1C[C@@H](Oc2cc(-c3csc(NC(=O)C(C)C)n3)nc3c(Br)c(OC)ccc23)CN1C(=O)[C@@H](NC(=O)OC1CCCC1)C(C)(C)C)C(=O)O. The molecular weight excluding hydrogens is 820 g/mol. The number of halogens is 1. The predicted octanol–water partition coefficient (Wildman–Crippen LogP) is 6.30. The molecule has 0 bridgehead atoms. The lowest BCUT2D eigenvalue weighted by Gasteiger charge is -2.35. The summed E-state index contributed by atoms with van der Waals surface area (Å²) in [6.07, 6.45) is 3.37. The van der Waals surface area contributed by atoms with E-state index in [9.17, 15) is 29.1 Å². The van der Waals surface area contributed by atoms with E-state index in [4.69, 9.17) is 19.2 Å². The van der Waals surface area contributed by atoms with Crippen LogP contribution in [0.3, 0.4) is 0 Å². The number of nitrogens with one attached hydrogen (secondary N) is 3. The number of hydrogen-bond acceptors (Lipinski definition) is 11. The smallest absolute Gasteiger partial charge is 0.408 e. The van der Waals surface area contributed by atoms with E-state index in [2.05, 4.69) is 43.4 Å². The highest BCUT2D eigenvalue weighted by molar-refractivity contribution is 9.10. The standard InChI is InChI=1S/C40H49BrN6O9S/c1-8-21-17-40(21,36(51)52)46-34(49)27-15-23(18-47(27)35(50)32(39(4,5)6)44-38(53)56-22-11-9-10-12-22)55-29-16-25(26-19-57-37(43-26)45-33(48)20(2)3)42-31-24(29)13-14-28(54-7)30(31)41/h8,13-14,16,19-23,27,32H,1,9-12,15,17-18H2,2-7H3,(H,44,53)(H,46,49)(H,51,52)(H,43,45,48)/t21-,23-,27?,32-,40-/m1/s1. The van der Waals surface area contributed by atoms with Crippen molar-refractivity contribution in [3.63, 3.8) is 0 Å². The number of aliphatic carboxylic acids is 1. The van der Waals surface area contributed by atoms with Crippen molar-refractivity contribution in [1.29, 1.82) is 0 Å². The van der Waals surface area contributed by atoms with Crippen LogP contribution in [0.25, 0.3) is 22.3 Å². The molecule has 1 aliphatic heterocycles. The molecule has 1 saturated heterocycles. The van der Waals surface area contributed by atoms with Crippen LogP contribution in [0, 0.1) is 17.3 Å². The third-order valence-electron chi connectivity index (χ3n) is 10.7. The number of methoxy groups -OCH3 is 1. The molecule has 0 spiro atoms. The summed E-state index contributed by atoms with van der Waals surface area (Å²) in [6, 6.07) is 3.01. The number of fused-ring (bicyclic) bond motifs is 1. The minimum atomic E-state index is -1.54. The highest BCUT2D eigenvalue weighted by atomic mass is 79.9. The maximum absolute atomic E-state index is 14.6. The predicted molar refractivity (Wildman–Crippen MR) is 217 cm³/mol. The number of carbonyl (C=O) groups is 5. The van der Waals surface area contributed by atoms with Crippen molar-refractivity contribution in [2.24, 2.45) is 17.3 Å². The number of anilines is 1. The van der Waals surface area contributed by atoms with Crippen molar-refractivity contribution in [2.45, 2.75) is 103 Å². The van der Waals surface area contributed by atoms with Crippen molar-refractivity contribution in [3.05, 3.63) is 40.7 Å². The van der Waals surface area contributed by atoms with E-state index in [1.165, 1.54) is 29.4 Å². The Morgan fingerprint density at radius 2 is 1.81 bits per heavy atom. The van der Waals surface area contributed by atoms with Gasteiger partial charge in [-0.1, -0.05) is 40.7 Å². The van der Waals surface area contributed by atoms with Gasteiger partial charge in [0.1, 0.15) is 47.0 Å². The Kier molecular flexibility index (Phi) is 12.2. The number of amides is 4. The number of pyridine rings is 1. The third kappa shape index (κ3) is 8.88. The molecule has 2 aliphatic carbocycles. The van der Waals surface area contributed by atoms with Crippen LogP contribution in [-0.2, 0) is 23.9 Å². The van der Waals surface area contributed by atoms with Gasteiger partial charge in [-0.05, 0) is 65.6 Å². The van der Waals surface area contributed by atoms with E-state index in [1.54, 1.807) is 58.2 Å². The van der Waals surface area contributed by atoms with Gasteiger partial charge < -0.3 is 40.2 Å². The maximum atomic E-state index is 14.6. The summed E-state index contributed by atoms with van der Waals surface area (Å²) in [6.45, 7) is 12.6. The van der Waals surface area contributed by atoms with Crippen LogP contribution in [0.2, 0.25) is 0 Å². The van der Waals surface area contributed by atoms with Gasteiger partial charge in [-0.3, -0.25) is 14.4 Å². The number of nitrogens with zero attached hydrogens (tertiary/aromatic N) is 3. The molecule has 0 radical (unpaired) electrons. The Hall–Kier alpha value is -4.77. The molecule has 5 atom stereocenters. The Labute approximate surface area is 343 Å². The zero-order valence-corrected chi connectivity index (χ0v) is 35.3. The van der Waals surface area contributed by atoms with Gasteiger partial charge in [0.05, 0.1) is 29.3 Å². The van der Waals surface area contributed by atoms with E-state index in [1.807, 2.05) is 0 Å². The van der Waals surface area contributed by atoms with Crippen LogP contribution in [0.15, 0.2) is 40.7 Å². The molecule has 15 nitrogen and oxygen atoms in total. The van der Waals surface area contributed by atoms with Crippen molar-refractivity contribution in [3.8, 4) is 22.9 Å². The first kappa shape index (κ1) is 41.9. The number of carboxylic acids is 1. The van der Waals surface area contributed by atoms with Gasteiger partial charge in [0.25, 0.3) is 0 Å². The Bertz CT molecular complexity index is 2080. The molecule has 3 fully saturated rings. The molecule has 57 heavy (non-hydrogen) atoms. The highest BCUT2D eigenvalue weighted by Gasteiger charge is 2.61. The molecule has 1 unspecified atom stereocenters. The number of rotatable bonds is 13. The van der Waals surface area contributed by atoms with E-state index < -0.39 is 58.9 Å². The molecule has 1 aromatic carbocycles. The second-order valence-electron chi connectivity index (χ2n) is 16.2. The van der Waals surface area contributed by atoms with Gasteiger partial charge in [-0.25, -0.2) is 19.6 Å². The fraction of sp³-hybridized carbons (Fsp3) is 0.525. The maximum Gasteiger partial charge on any atom is 0.408 e. The number of carboxylic acid groups (broad SMARTS) is 1. The van der Waals surface area contributed by atoms with E-state index in [0.717, 1.165) is 25.7 Å². The molecule has 17 heteroatoms. The summed E-state index contributed by atoms with van der Waals surface area (Å²) >= 11 is 4.87. The molecule has 306 valence electrons. The van der Waals surface area contributed by atoms with E-state index >= 15 is 0 Å². The average molecular weight is 870 g/mol. The summed E-state index contributed by atoms with van der Waals surface area (Å²) in [5, 5.41) is 21.2.